The summed E-state index contributed by atoms with van der Waals surface area (Å²) in [5.41, 5.74) is 5.13. The van der Waals surface area contributed by atoms with Gasteiger partial charge in [-0.15, -0.1) is 0 Å². The molecule has 2 N–H and O–H groups in total. The molecular formula is C39H54ClN3O4S. The molecule has 0 atom stereocenters. The molecule has 0 amide bonds. The van der Waals surface area contributed by atoms with Crippen LogP contribution in [-0.4, -0.2) is 45.8 Å². The van der Waals surface area contributed by atoms with Crippen molar-refractivity contribution >= 4 is 52.1 Å². The largest absolute Gasteiger partial charge is 0.479 e. The summed E-state index contributed by atoms with van der Waals surface area (Å²) in [6.07, 6.45) is 2.52. The van der Waals surface area contributed by atoms with E-state index in [0.29, 0.717) is 10.9 Å². The number of halogens is 1. The summed E-state index contributed by atoms with van der Waals surface area (Å²) < 4.78 is 0. The summed E-state index contributed by atoms with van der Waals surface area (Å²) in [7, 11) is 0. The number of carboxylic acids is 1. The van der Waals surface area contributed by atoms with Crippen molar-refractivity contribution in [2.75, 3.05) is 18.1 Å². The highest BCUT2D eigenvalue weighted by atomic mass is 35.5. The summed E-state index contributed by atoms with van der Waals surface area (Å²) in [4.78, 5) is 22.1. The minimum Gasteiger partial charge on any atom is -0.479 e. The van der Waals surface area contributed by atoms with Crippen LogP contribution >= 0.6 is 23.4 Å². The maximum absolute atomic E-state index is 10.6. The summed E-state index contributed by atoms with van der Waals surface area (Å²) >= 11 is 8.02. The fraction of sp³-hybridized carbons (Fsp3) is 0.410. The van der Waals surface area contributed by atoms with Gasteiger partial charge in [-0.25, -0.2) is 4.79 Å². The predicted octanol–water partition coefficient (Wildman–Crippen LogP) is 10.3. The second-order valence-corrected chi connectivity index (χ2v) is 13.3. The molecule has 9 heteroatoms. The van der Waals surface area contributed by atoms with Crippen LogP contribution in [0.5, 0.6) is 0 Å². The van der Waals surface area contributed by atoms with Crippen LogP contribution in [-0.2, 0) is 28.5 Å². The Morgan fingerprint density at radius 2 is 1.62 bits per heavy atom. The maximum Gasteiger partial charge on any atom is 0.344 e. The van der Waals surface area contributed by atoms with Gasteiger partial charge in [0.25, 0.3) is 0 Å². The molecular weight excluding hydrogens is 642 g/mol. The third-order valence-corrected chi connectivity index (χ3v) is 8.10. The Kier molecular flexibility index (Phi) is 20.9. The molecule has 262 valence electrons. The van der Waals surface area contributed by atoms with Crippen LogP contribution < -0.4 is 4.90 Å². The molecule has 4 aromatic rings. The van der Waals surface area contributed by atoms with Crippen LogP contribution in [0.1, 0.15) is 78.6 Å². The number of anilines is 1. The number of aliphatic hydroxyl groups is 1. The van der Waals surface area contributed by atoms with Crippen LogP contribution in [0.25, 0.3) is 10.9 Å². The topological polar surface area (TPSA) is 95.2 Å². The Bertz CT molecular complexity index is 1500. The highest BCUT2D eigenvalue weighted by molar-refractivity contribution is 7.99. The number of para-hydroxylation sites is 2. The van der Waals surface area contributed by atoms with Gasteiger partial charge in [-0.1, -0.05) is 127 Å². The lowest BCUT2D eigenvalue weighted by Gasteiger charge is -2.30. The van der Waals surface area contributed by atoms with Crippen LogP contribution in [0.3, 0.4) is 0 Å². The Labute approximate surface area is 297 Å². The zero-order valence-corrected chi connectivity index (χ0v) is 31.4. The molecule has 0 spiro atoms. The van der Waals surface area contributed by atoms with E-state index in [-0.39, 0.29) is 12.0 Å². The van der Waals surface area contributed by atoms with Gasteiger partial charge in [-0.3, -0.25) is 4.98 Å². The van der Waals surface area contributed by atoms with E-state index in [9.17, 15) is 4.79 Å². The number of pyridine rings is 1. The first kappa shape index (κ1) is 42.4. The van der Waals surface area contributed by atoms with Gasteiger partial charge in [0.15, 0.2) is 0 Å². The number of rotatable bonds is 14. The van der Waals surface area contributed by atoms with Crippen LogP contribution in [0.15, 0.2) is 90.1 Å². The highest BCUT2D eigenvalue weighted by Gasteiger charge is 2.20. The number of benzene rings is 3. The molecule has 0 aliphatic heterocycles. The Balaban J connectivity index is 0.000000592. The van der Waals surface area contributed by atoms with Gasteiger partial charge >= 0.3 is 5.97 Å². The molecule has 0 saturated carbocycles. The van der Waals surface area contributed by atoms with Crippen molar-refractivity contribution in [3.05, 3.63) is 107 Å². The van der Waals surface area contributed by atoms with Crippen LogP contribution in [0.2, 0.25) is 5.02 Å². The molecule has 0 bridgehead atoms. The summed E-state index contributed by atoms with van der Waals surface area (Å²) in [5.74, 6) is -0.0799. The third-order valence-electron chi connectivity index (χ3n) is 6.70. The van der Waals surface area contributed by atoms with E-state index in [2.05, 4.69) is 79.1 Å². The standard InChI is InChI=1S/C25H33ClN2O3S.C10H9NO.2C2H6/c1-19(2)32-17-21-7-5-6-8-23(21)28(15-20-9-11-22(26)12-10-20)14-13-25(3,4)18-27-31-16-24(29)30;12-7-9-6-5-8-3-1-2-4-10(8)11-9;2*1-2/h5-12,18-19H,13-17H2,1-4H3,(H,29,30);1-6,12H,7H2;2*1-2H3/b27-18+;;;. The molecule has 4 rings (SSSR count). The number of aliphatic hydroxyl groups excluding tert-OH is 1. The van der Waals surface area contributed by atoms with E-state index in [1.807, 2.05) is 88.0 Å². The first-order chi connectivity index (χ1) is 23.1. The normalized spacial score (nSPS) is 10.7. The molecule has 0 fully saturated rings. The summed E-state index contributed by atoms with van der Waals surface area (Å²) in [6, 6.07) is 28.2. The number of carbonyl (C=O) groups is 1. The van der Waals surface area contributed by atoms with E-state index >= 15 is 0 Å². The van der Waals surface area contributed by atoms with Gasteiger partial charge in [0, 0.05) is 46.6 Å². The lowest BCUT2D eigenvalue weighted by Crippen LogP contribution is -2.29. The average molecular weight is 696 g/mol. The fourth-order valence-corrected chi connectivity index (χ4v) is 5.13. The van der Waals surface area contributed by atoms with Gasteiger partial charge in [0.05, 0.1) is 17.8 Å². The summed E-state index contributed by atoms with van der Waals surface area (Å²) in [6.45, 7) is 17.7. The SMILES string of the molecule is CC.CC.CC(C)SCc1ccccc1N(CCC(C)(C)/C=N/OCC(=O)O)Cc1ccc(Cl)cc1.OCc1ccc2ccccc2n1. The number of hydrogen-bond donors (Lipinski definition) is 2. The monoisotopic (exact) mass is 695 g/mol. The van der Waals surface area contributed by atoms with Crippen LogP contribution in [0, 0.1) is 5.41 Å². The first-order valence-corrected chi connectivity index (χ1v) is 18.0. The van der Waals surface area contributed by atoms with Crippen molar-refractivity contribution in [1.29, 1.82) is 0 Å². The Hall–Kier alpha value is -3.59. The molecule has 7 nitrogen and oxygen atoms in total. The summed E-state index contributed by atoms with van der Waals surface area (Å²) in [5, 5.41) is 23.8. The predicted molar refractivity (Wildman–Crippen MR) is 206 cm³/mol. The van der Waals surface area contributed by atoms with Crippen molar-refractivity contribution in [3.8, 4) is 0 Å². The van der Waals surface area contributed by atoms with E-state index in [1.165, 1.54) is 16.8 Å². The zero-order valence-electron chi connectivity index (χ0n) is 29.8. The number of aliphatic carboxylic acids is 1. The molecule has 0 aliphatic carbocycles. The average Bonchev–Trinajstić information content (AvgIpc) is 3.10. The number of hydrogen-bond acceptors (Lipinski definition) is 7. The van der Waals surface area contributed by atoms with Crippen molar-refractivity contribution in [2.45, 2.75) is 86.0 Å². The second-order valence-electron chi connectivity index (χ2n) is 11.3. The zero-order chi connectivity index (χ0) is 36.0. The lowest BCUT2D eigenvalue weighted by atomic mass is 9.90. The number of aromatic nitrogens is 1. The van der Waals surface area contributed by atoms with E-state index < -0.39 is 12.6 Å². The second kappa shape index (κ2) is 23.7. The van der Waals surface area contributed by atoms with Crippen molar-refractivity contribution in [2.24, 2.45) is 10.6 Å². The maximum atomic E-state index is 10.6. The van der Waals surface area contributed by atoms with Gasteiger partial charge < -0.3 is 20.0 Å². The van der Waals surface area contributed by atoms with E-state index in [1.54, 1.807) is 6.21 Å². The Morgan fingerprint density at radius 1 is 0.979 bits per heavy atom. The number of carboxylic acid groups (broad SMARTS) is 1. The number of thioether (sulfide) groups is 1. The van der Waals surface area contributed by atoms with Crippen molar-refractivity contribution < 1.29 is 19.8 Å². The molecule has 48 heavy (non-hydrogen) atoms. The molecule has 1 aromatic heterocycles. The first-order valence-electron chi connectivity index (χ1n) is 16.6. The van der Waals surface area contributed by atoms with Gasteiger partial charge in [0.2, 0.25) is 6.61 Å². The molecule has 3 aromatic carbocycles. The number of oxime groups is 1. The van der Waals surface area contributed by atoms with E-state index in [4.69, 9.17) is 26.7 Å². The highest BCUT2D eigenvalue weighted by Crippen LogP contribution is 2.30. The number of fused-ring (bicyclic) bond motifs is 1. The van der Waals surface area contributed by atoms with Gasteiger partial charge in [0.1, 0.15) is 0 Å². The van der Waals surface area contributed by atoms with E-state index in [0.717, 1.165) is 41.2 Å². The fourth-order valence-electron chi connectivity index (χ4n) is 4.25. The van der Waals surface area contributed by atoms with Crippen molar-refractivity contribution in [3.63, 3.8) is 0 Å². The Morgan fingerprint density at radius 3 is 2.27 bits per heavy atom. The molecule has 0 aliphatic rings. The van der Waals surface area contributed by atoms with Gasteiger partial charge in [-0.05, 0) is 53.1 Å². The quantitative estimate of drug-likeness (QED) is 0.100. The molecule has 0 radical (unpaired) electrons. The lowest BCUT2D eigenvalue weighted by molar-refractivity contribution is -0.142. The minimum absolute atomic E-state index is 0.00480. The molecule has 1 heterocycles. The minimum atomic E-state index is -1.04. The molecule has 0 unspecified atom stereocenters. The van der Waals surface area contributed by atoms with Crippen LogP contribution in [0.4, 0.5) is 5.69 Å². The van der Waals surface area contributed by atoms with Gasteiger partial charge in [-0.2, -0.15) is 11.8 Å². The molecule has 0 saturated heterocycles. The van der Waals surface area contributed by atoms with Crippen molar-refractivity contribution in [1.82, 2.24) is 4.98 Å². The smallest absolute Gasteiger partial charge is 0.344 e. The number of nitrogens with zero attached hydrogens (tertiary/aromatic N) is 3. The third kappa shape index (κ3) is 16.5.